The highest BCUT2D eigenvalue weighted by atomic mass is 127. The van der Waals surface area contributed by atoms with E-state index in [9.17, 15) is 9.59 Å². The van der Waals surface area contributed by atoms with Crippen LogP contribution in [-0.2, 0) is 4.74 Å². The van der Waals surface area contributed by atoms with Crippen molar-refractivity contribution in [3.8, 4) is 0 Å². The van der Waals surface area contributed by atoms with Crippen LogP contribution >= 0.6 is 22.6 Å². The van der Waals surface area contributed by atoms with Gasteiger partial charge in [0.05, 0.1) is 17.5 Å². The van der Waals surface area contributed by atoms with Gasteiger partial charge in [0.1, 0.15) is 5.56 Å². The van der Waals surface area contributed by atoms with Gasteiger partial charge in [0.25, 0.3) is 0 Å². The molecule has 1 aromatic carbocycles. The number of aromatic amines is 1. The Bertz CT molecular complexity index is 679. The Morgan fingerprint density at radius 2 is 2.22 bits per heavy atom. The van der Waals surface area contributed by atoms with Crippen molar-refractivity contribution >= 4 is 45.2 Å². The van der Waals surface area contributed by atoms with Gasteiger partial charge < -0.3 is 15.5 Å². The second-order valence-electron chi connectivity index (χ2n) is 3.64. The zero-order chi connectivity index (χ0) is 13.3. The Morgan fingerprint density at radius 1 is 1.50 bits per heavy atom. The molecule has 94 valence electrons. The summed E-state index contributed by atoms with van der Waals surface area (Å²) in [6, 6.07) is 3.45. The molecule has 1 aromatic heterocycles. The van der Waals surface area contributed by atoms with Crippen LogP contribution in [0.5, 0.6) is 0 Å². The molecule has 6 heteroatoms. The SMILES string of the molecule is CCOC(=O)c1c[nH]c2c(I)ccc(N)c2c1=O. The van der Waals surface area contributed by atoms with Gasteiger partial charge in [0.15, 0.2) is 0 Å². The summed E-state index contributed by atoms with van der Waals surface area (Å²) in [6.07, 6.45) is 1.37. The lowest BCUT2D eigenvalue weighted by molar-refractivity contribution is 0.0524. The maximum atomic E-state index is 12.2. The van der Waals surface area contributed by atoms with Crippen LogP contribution in [0, 0.1) is 3.57 Å². The van der Waals surface area contributed by atoms with Crippen molar-refractivity contribution in [2.45, 2.75) is 6.92 Å². The number of nitrogens with two attached hydrogens (primary N) is 1. The Morgan fingerprint density at radius 3 is 2.89 bits per heavy atom. The third-order valence-corrected chi connectivity index (χ3v) is 3.41. The minimum absolute atomic E-state index is 0.0296. The van der Waals surface area contributed by atoms with E-state index in [1.807, 2.05) is 0 Å². The highest BCUT2D eigenvalue weighted by Crippen LogP contribution is 2.21. The lowest BCUT2D eigenvalue weighted by Gasteiger charge is -2.06. The maximum absolute atomic E-state index is 12.2. The number of anilines is 1. The van der Waals surface area contributed by atoms with Gasteiger partial charge in [0.2, 0.25) is 5.43 Å². The quantitative estimate of drug-likeness (QED) is 0.488. The number of H-pyrrole nitrogens is 1. The van der Waals surface area contributed by atoms with Crippen molar-refractivity contribution in [2.24, 2.45) is 0 Å². The number of fused-ring (bicyclic) bond motifs is 1. The van der Waals surface area contributed by atoms with E-state index < -0.39 is 11.4 Å². The fourth-order valence-corrected chi connectivity index (χ4v) is 2.29. The molecule has 3 N–H and O–H groups in total. The second kappa shape index (κ2) is 4.97. The normalized spacial score (nSPS) is 10.6. The number of hydrogen-bond donors (Lipinski definition) is 2. The average molecular weight is 358 g/mol. The number of esters is 1. The first-order chi connectivity index (χ1) is 8.56. The fourth-order valence-electron chi connectivity index (χ4n) is 1.68. The first-order valence-corrected chi connectivity index (χ1v) is 6.40. The van der Waals surface area contributed by atoms with Gasteiger partial charge in [-0.3, -0.25) is 4.79 Å². The molecule has 0 atom stereocenters. The van der Waals surface area contributed by atoms with Crippen LogP contribution in [-0.4, -0.2) is 17.6 Å². The number of halogens is 1. The van der Waals surface area contributed by atoms with Crippen LogP contribution in [0.15, 0.2) is 23.1 Å². The van der Waals surface area contributed by atoms with Crippen molar-refractivity contribution in [1.82, 2.24) is 4.98 Å². The first-order valence-electron chi connectivity index (χ1n) is 5.32. The monoisotopic (exact) mass is 358 g/mol. The zero-order valence-corrected chi connectivity index (χ0v) is 11.8. The molecule has 0 bridgehead atoms. The Balaban J connectivity index is 2.76. The molecular formula is C12H11IN2O3. The summed E-state index contributed by atoms with van der Waals surface area (Å²) in [4.78, 5) is 26.8. The number of pyridine rings is 1. The molecule has 0 unspecified atom stereocenters. The summed E-state index contributed by atoms with van der Waals surface area (Å²) in [6.45, 7) is 1.91. The average Bonchev–Trinajstić information content (AvgIpc) is 2.34. The van der Waals surface area contributed by atoms with E-state index in [0.717, 1.165) is 3.57 Å². The second-order valence-corrected chi connectivity index (χ2v) is 4.80. The molecule has 0 aliphatic heterocycles. The van der Waals surface area contributed by atoms with Crippen LogP contribution in [0.4, 0.5) is 5.69 Å². The number of rotatable bonds is 2. The lowest BCUT2D eigenvalue weighted by Crippen LogP contribution is -2.19. The van der Waals surface area contributed by atoms with Crippen LogP contribution in [0.25, 0.3) is 10.9 Å². The van der Waals surface area contributed by atoms with Gasteiger partial charge in [-0.25, -0.2) is 4.79 Å². The highest BCUT2D eigenvalue weighted by molar-refractivity contribution is 14.1. The molecule has 0 radical (unpaired) electrons. The van der Waals surface area contributed by atoms with E-state index in [2.05, 4.69) is 27.6 Å². The molecular weight excluding hydrogens is 347 g/mol. The largest absolute Gasteiger partial charge is 0.462 e. The van der Waals surface area contributed by atoms with Crippen LogP contribution in [0.3, 0.4) is 0 Å². The van der Waals surface area contributed by atoms with Crippen molar-refractivity contribution in [1.29, 1.82) is 0 Å². The summed E-state index contributed by atoms with van der Waals surface area (Å²) in [5, 5.41) is 0.326. The Kier molecular flexibility index (Phi) is 3.55. The van der Waals surface area contributed by atoms with E-state index in [1.54, 1.807) is 19.1 Å². The van der Waals surface area contributed by atoms with Crippen LogP contribution in [0.2, 0.25) is 0 Å². The number of nitrogen functional groups attached to an aromatic ring is 1. The summed E-state index contributed by atoms with van der Waals surface area (Å²) in [5.74, 6) is -0.640. The molecule has 0 saturated carbocycles. The third kappa shape index (κ3) is 2.07. The van der Waals surface area contributed by atoms with Gasteiger partial charge in [-0.1, -0.05) is 0 Å². The number of hydrogen-bond acceptors (Lipinski definition) is 4. The predicted molar refractivity (Wildman–Crippen MR) is 77.7 cm³/mol. The smallest absolute Gasteiger partial charge is 0.343 e. The molecule has 1 heterocycles. The van der Waals surface area contributed by atoms with Crippen molar-refractivity contribution in [3.63, 3.8) is 0 Å². The van der Waals surface area contributed by atoms with Gasteiger partial charge in [0, 0.05) is 15.5 Å². The van der Waals surface area contributed by atoms with Gasteiger partial charge in [-0.15, -0.1) is 0 Å². The standard InChI is InChI=1S/C12H11IN2O3/c1-2-18-12(17)6-5-15-10-7(13)3-4-8(14)9(10)11(6)16/h3-5H,2,14H2,1H3,(H,15,16). The van der Waals surface area contributed by atoms with Gasteiger partial charge in [-0.05, 0) is 41.6 Å². The number of carbonyl (C=O) groups excluding carboxylic acids is 1. The first kappa shape index (κ1) is 12.9. The van der Waals surface area contributed by atoms with Crippen LogP contribution < -0.4 is 11.2 Å². The molecule has 0 amide bonds. The third-order valence-electron chi connectivity index (χ3n) is 2.51. The minimum Gasteiger partial charge on any atom is -0.462 e. The molecule has 18 heavy (non-hydrogen) atoms. The van der Waals surface area contributed by atoms with E-state index >= 15 is 0 Å². The summed E-state index contributed by atoms with van der Waals surface area (Å²) < 4.78 is 5.69. The molecule has 0 aliphatic carbocycles. The van der Waals surface area contributed by atoms with Gasteiger partial charge >= 0.3 is 5.97 Å². The number of ether oxygens (including phenoxy) is 1. The van der Waals surface area contributed by atoms with Crippen molar-refractivity contribution in [3.05, 3.63) is 37.7 Å². The maximum Gasteiger partial charge on any atom is 0.343 e. The van der Waals surface area contributed by atoms with Gasteiger partial charge in [-0.2, -0.15) is 0 Å². The summed E-state index contributed by atoms with van der Waals surface area (Å²) in [5.41, 5.74) is 6.34. The van der Waals surface area contributed by atoms with E-state index in [-0.39, 0.29) is 12.2 Å². The Labute approximate surface area is 116 Å². The number of nitrogens with one attached hydrogen (secondary N) is 1. The fraction of sp³-hybridized carbons (Fsp3) is 0.167. The zero-order valence-electron chi connectivity index (χ0n) is 9.62. The number of aromatic nitrogens is 1. The highest BCUT2D eigenvalue weighted by Gasteiger charge is 2.16. The van der Waals surface area contributed by atoms with E-state index in [4.69, 9.17) is 10.5 Å². The molecule has 0 spiro atoms. The molecule has 0 saturated heterocycles. The number of benzene rings is 1. The Hall–Kier alpha value is -1.57. The molecule has 5 nitrogen and oxygen atoms in total. The predicted octanol–water partition coefficient (Wildman–Crippen LogP) is 1.89. The molecule has 0 fully saturated rings. The number of carbonyl (C=O) groups is 1. The molecule has 0 aliphatic rings. The minimum atomic E-state index is -0.640. The van der Waals surface area contributed by atoms with E-state index in [0.29, 0.717) is 16.6 Å². The molecule has 2 aromatic rings. The van der Waals surface area contributed by atoms with Crippen molar-refractivity contribution in [2.75, 3.05) is 12.3 Å². The van der Waals surface area contributed by atoms with Crippen molar-refractivity contribution < 1.29 is 9.53 Å². The molecule has 2 rings (SSSR count). The van der Waals surface area contributed by atoms with E-state index in [1.165, 1.54) is 6.20 Å². The van der Waals surface area contributed by atoms with Crippen LogP contribution in [0.1, 0.15) is 17.3 Å². The summed E-state index contributed by atoms with van der Waals surface area (Å²) in [7, 11) is 0. The summed E-state index contributed by atoms with van der Waals surface area (Å²) >= 11 is 2.10. The topological polar surface area (TPSA) is 85.2 Å². The lowest BCUT2D eigenvalue weighted by atomic mass is 10.1.